The molecule has 0 bridgehead atoms. The number of rotatable bonds is 6. The van der Waals surface area contributed by atoms with Crippen LogP contribution in [0.1, 0.15) is 6.42 Å². The molecule has 0 fully saturated rings. The summed E-state index contributed by atoms with van der Waals surface area (Å²) in [6.07, 6.45) is 5.14. The number of nitrogens with zero attached hydrogens (tertiary/aromatic N) is 3. The summed E-state index contributed by atoms with van der Waals surface area (Å²) < 4.78 is 36.8. The first kappa shape index (κ1) is 15.5. The highest BCUT2D eigenvalue weighted by atomic mass is 32.2. The fourth-order valence-electron chi connectivity index (χ4n) is 1.54. The Morgan fingerprint density at radius 1 is 1.38 bits per heavy atom. The van der Waals surface area contributed by atoms with E-state index in [2.05, 4.69) is 14.7 Å². The summed E-state index contributed by atoms with van der Waals surface area (Å²) in [7, 11) is -4.43. The molecule has 112 valence electrons. The number of hydrogen-bond acceptors (Lipinski definition) is 7. The minimum Gasteiger partial charge on any atom is -0.747 e. The number of nitrogens with one attached hydrogen (secondary N) is 1. The summed E-state index contributed by atoms with van der Waals surface area (Å²) in [5, 5.41) is 2.86. The molecule has 1 N–H and O–H groups in total. The van der Waals surface area contributed by atoms with Gasteiger partial charge >= 0.3 is 0 Å². The van der Waals surface area contributed by atoms with Crippen LogP contribution >= 0.6 is 11.5 Å². The van der Waals surface area contributed by atoms with Crippen LogP contribution in [0.2, 0.25) is 0 Å². The Morgan fingerprint density at radius 2 is 2.10 bits per heavy atom. The first-order chi connectivity index (χ1) is 9.94. The van der Waals surface area contributed by atoms with Gasteiger partial charge in [-0.2, -0.15) is 4.37 Å². The second-order valence-electron chi connectivity index (χ2n) is 4.12. The predicted octanol–water partition coefficient (Wildman–Crippen LogP) is -0.498. The van der Waals surface area contributed by atoms with Crippen LogP contribution < -0.4 is 9.88 Å². The molecular weight excluding hydrogens is 316 g/mol. The van der Waals surface area contributed by atoms with E-state index >= 15 is 0 Å². The fourth-order valence-corrected chi connectivity index (χ4v) is 2.40. The first-order valence-corrected chi connectivity index (χ1v) is 8.25. The van der Waals surface area contributed by atoms with Gasteiger partial charge in [0, 0.05) is 17.7 Å². The van der Waals surface area contributed by atoms with E-state index in [9.17, 15) is 17.8 Å². The third-order valence-electron chi connectivity index (χ3n) is 2.54. The maximum absolute atomic E-state index is 11.4. The van der Waals surface area contributed by atoms with Gasteiger partial charge < -0.3 is 9.87 Å². The van der Waals surface area contributed by atoms with Gasteiger partial charge in [0.2, 0.25) is 5.91 Å². The number of hydrogen-bond donors (Lipinski definition) is 1. The molecule has 8 nitrogen and oxygen atoms in total. The molecule has 21 heavy (non-hydrogen) atoms. The van der Waals surface area contributed by atoms with E-state index in [0.717, 1.165) is 10.6 Å². The minimum atomic E-state index is -4.43. The molecule has 2 heterocycles. The van der Waals surface area contributed by atoms with Gasteiger partial charge in [0.25, 0.3) is 0 Å². The lowest BCUT2D eigenvalue weighted by molar-refractivity contribution is -0.695. The van der Waals surface area contributed by atoms with Gasteiger partial charge in [-0.1, -0.05) is 0 Å². The van der Waals surface area contributed by atoms with Crippen LogP contribution in [-0.2, 0) is 21.5 Å². The van der Waals surface area contributed by atoms with Crippen LogP contribution in [0.4, 0.5) is 0 Å². The van der Waals surface area contributed by atoms with Gasteiger partial charge in [0.15, 0.2) is 18.9 Å². The molecule has 0 saturated heterocycles. The number of aromatic nitrogens is 3. The standard InChI is InChI=1S/C11H12N4O4S2/c16-10(13-8-21(17,18)19)3-6-15-4-1-9(2-5-15)11-12-7-14-20-11/h1-2,4-5,7H,3,6,8H2,(H-,13,16,17,18,19). The Kier molecular flexibility index (Phi) is 4.94. The molecule has 0 aliphatic carbocycles. The van der Waals surface area contributed by atoms with Crippen molar-refractivity contribution < 1.29 is 22.3 Å². The lowest BCUT2D eigenvalue weighted by Crippen LogP contribution is -2.37. The van der Waals surface area contributed by atoms with Crippen molar-refractivity contribution in [1.29, 1.82) is 0 Å². The Hall–Kier alpha value is -1.91. The average Bonchev–Trinajstić information content (AvgIpc) is 2.97. The number of amides is 1. The molecule has 0 aromatic carbocycles. The van der Waals surface area contributed by atoms with Crippen molar-refractivity contribution in [2.45, 2.75) is 13.0 Å². The van der Waals surface area contributed by atoms with Crippen LogP contribution in [0.15, 0.2) is 30.9 Å². The SMILES string of the molecule is O=C(CC[n+]1ccc(-c2ncns2)cc1)NCS(=O)(=O)[O-]. The lowest BCUT2D eigenvalue weighted by atomic mass is 10.3. The quantitative estimate of drug-likeness (QED) is 0.564. The van der Waals surface area contributed by atoms with Crippen molar-refractivity contribution in [3.05, 3.63) is 30.9 Å². The predicted molar refractivity (Wildman–Crippen MR) is 72.9 cm³/mol. The second kappa shape index (κ2) is 6.70. The third-order valence-corrected chi connectivity index (χ3v) is 3.75. The van der Waals surface area contributed by atoms with Crippen molar-refractivity contribution in [3.63, 3.8) is 0 Å². The molecule has 0 unspecified atom stereocenters. The van der Waals surface area contributed by atoms with Gasteiger partial charge in [0.05, 0.1) is 6.42 Å². The lowest BCUT2D eigenvalue weighted by Gasteiger charge is -2.07. The third kappa shape index (κ3) is 5.17. The van der Waals surface area contributed by atoms with E-state index in [-0.39, 0.29) is 6.42 Å². The van der Waals surface area contributed by atoms with Crippen molar-refractivity contribution in [2.75, 3.05) is 5.88 Å². The molecule has 0 aliphatic heterocycles. The molecular formula is C11H12N4O4S2. The van der Waals surface area contributed by atoms with Crippen LogP contribution in [0.3, 0.4) is 0 Å². The summed E-state index contributed by atoms with van der Waals surface area (Å²) in [5.74, 6) is -1.37. The largest absolute Gasteiger partial charge is 0.747 e. The van der Waals surface area contributed by atoms with Crippen LogP contribution in [0.5, 0.6) is 0 Å². The maximum Gasteiger partial charge on any atom is 0.227 e. The Balaban J connectivity index is 1.85. The van der Waals surface area contributed by atoms with Crippen molar-refractivity contribution >= 4 is 27.6 Å². The van der Waals surface area contributed by atoms with Crippen molar-refractivity contribution in [1.82, 2.24) is 14.7 Å². The summed E-state index contributed by atoms with van der Waals surface area (Å²) in [6, 6.07) is 3.70. The normalized spacial score (nSPS) is 11.3. The zero-order valence-corrected chi connectivity index (χ0v) is 12.4. The topological polar surface area (TPSA) is 116 Å². The number of carbonyl (C=O) groups is 1. The Bertz CT molecular complexity index is 698. The van der Waals surface area contributed by atoms with E-state index in [0.29, 0.717) is 6.54 Å². The Labute approximate surface area is 125 Å². The molecule has 0 atom stereocenters. The highest BCUT2D eigenvalue weighted by molar-refractivity contribution is 7.85. The second-order valence-corrected chi connectivity index (χ2v) is 6.31. The van der Waals surface area contributed by atoms with Gasteiger partial charge in [-0.05, 0) is 11.5 Å². The highest BCUT2D eigenvalue weighted by Gasteiger charge is 2.09. The average molecular weight is 328 g/mol. The van der Waals surface area contributed by atoms with Crippen LogP contribution in [0, 0.1) is 0 Å². The Morgan fingerprint density at radius 3 is 2.67 bits per heavy atom. The molecule has 10 heteroatoms. The molecule has 1 amide bonds. The molecule has 2 aromatic heterocycles. The summed E-state index contributed by atoms with van der Waals surface area (Å²) in [4.78, 5) is 15.5. The number of pyridine rings is 1. The maximum atomic E-state index is 11.4. The van der Waals surface area contributed by atoms with E-state index < -0.39 is 21.9 Å². The van der Waals surface area contributed by atoms with Gasteiger partial charge in [-0.3, -0.25) is 4.79 Å². The number of aryl methyl sites for hydroxylation is 1. The molecule has 2 aromatic rings. The number of carbonyl (C=O) groups excluding carboxylic acids is 1. The summed E-state index contributed by atoms with van der Waals surface area (Å²) in [6.45, 7) is 0.376. The summed E-state index contributed by atoms with van der Waals surface area (Å²) in [5.41, 5.74) is 0.927. The molecule has 0 aliphatic rings. The van der Waals surface area contributed by atoms with Crippen molar-refractivity contribution in [2.24, 2.45) is 0 Å². The highest BCUT2D eigenvalue weighted by Crippen LogP contribution is 2.17. The zero-order chi connectivity index (χ0) is 15.3. The van der Waals surface area contributed by atoms with E-state index in [4.69, 9.17) is 0 Å². The summed E-state index contributed by atoms with van der Waals surface area (Å²) >= 11 is 1.29. The molecule has 0 saturated carbocycles. The van der Waals surface area contributed by atoms with Crippen molar-refractivity contribution in [3.8, 4) is 10.6 Å². The minimum absolute atomic E-state index is 0.0817. The monoisotopic (exact) mass is 328 g/mol. The van der Waals surface area contributed by atoms with Crippen LogP contribution in [0.25, 0.3) is 10.6 Å². The zero-order valence-electron chi connectivity index (χ0n) is 10.8. The van der Waals surface area contributed by atoms with Gasteiger partial charge in [-0.15, -0.1) is 0 Å². The fraction of sp³-hybridized carbons (Fsp3) is 0.273. The smallest absolute Gasteiger partial charge is 0.227 e. The first-order valence-electron chi connectivity index (χ1n) is 5.90. The van der Waals surface area contributed by atoms with E-state index in [1.54, 1.807) is 17.0 Å². The van der Waals surface area contributed by atoms with Gasteiger partial charge in [0.1, 0.15) is 27.3 Å². The van der Waals surface area contributed by atoms with E-state index in [1.807, 2.05) is 12.1 Å². The molecule has 0 radical (unpaired) electrons. The van der Waals surface area contributed by atoms with E-state index in [1.165, 1.54) is 17.9 Å². The molecule has 2 rings (SSSR count). The molecule has 0 spiro atoms. The van der Waals surface area contributed by atoms with Crippen LogP contribution in [-0.4, -0.2) is 34.1 Å². The van der Waals surface area contributed by atoms with Gasteiger partial charge in [-0.25, -0.2) is 18.0 Å².